The van der Waals surface area contributed by atoms with Crippen LogP contribution in [-0.4, -0.2) is 11.1 Å². The van der Waals surface area contributed by atoms with Gasteiger partial charge < -0.3 is 5.11 Å². The fourth-order valence-corrected chi connectivity index (χ4v) is 3.14. The lowest BCUT2D eigenvalue weighted by molar-refractivity contribution is -0.137. The summed E-state index contributed by atoms with van der Waals surface area (Å²) >= 11 is 0. The van der Waals surface area contributed by atoms with Gasteiger partial charge in [-0.1, -0.05) is 19.1 Å². The van der Waals surface area contributed by atoms with Gasteiger partial charge in [0.05, 0.1) is 0 Å². The number of hydrogen-bond donors (Lipinski definition) is 1. The number of carbonyl (C=O) groups is 1. The van der Waals surface area contributed by atoms with Crippen LogP contribution in [0.5, 0.6) is 0 Å². The van der Waals surface area contributed by atoms with Crippen LogP contribution in [0.15, 0.2) is 12.2 Å². The molecule has 0 spiro atoms. The number of hydrogen-bond acceptors (Lipinski definition) is 1. The van der Waals surface area contributed by atoms with Crippen molar-refractivity contribution in [1.29, 1.82) is 0 Å². The molecule has 2 aliphatic carbocycles. The molecule has 2 nitrogen and oxygen atoms in total. The van der Waals surface area contributed by atoms with Crippen molar-refractivity contribution in [2.24, 2.45) is 23.7 Å². The maximum absolute atomic E-state index is 10.4. The molecule has 14 heavy (non-hydrogen) atoms. The molecule has 2 bridgehead atoms. The predicted molar refractivity (Wildman–Crippen MR) is 54.9 cm³/mol. The second-order valence-corrected chi connectivity index (χ2v) is 4.76. The largest absolute Gasteiger partial charge is 0.481 e. The Morgan fingerprint density at radius 3 is 2.71 bits per heavy atom. The maximum Gasteiger partial charge on any atom is 0.303 e. The summed E-state index contributed by atoms with van der Waals surface area (Å²) in [6, 6.07) is 0. The van der Waals surface area contributed by atoms with E-state index >= 15 is 0 Å². The minimum atomic E-state index is -0.656. The molecule has 4 atom stereocenters. The van der Waals surface area contributed by atoms with Gasteiger partial charge in [0.2, 0.25) is 0 Å². The molecule has 0 aliphatic heterocycles. The molecule has 0 aromatic carbocycles. The fraction of sp³-hybridized carbons (Fsp3) is 0.750. The highest BCUT2D eigenvalue weighted by atomic mass is 16.4. The van der Waals surface area contributed by atoms with Crippen LogP contribution in [0.4, 0.5) is 0 Å². The Hall–Kier alpha value is -0.790. The van der Waals surface area contributed by atoms with Crippen molar-refractivity contribution in [3.63, 3.8) is 0 Å². The number of fused-ring (bicyclic) bond motifs is 2. The van der Waals surface area contributed by atoms with Gasteiger partial charge in [0, 0.05) is 6.42 Å². The summed E-state index contributed by atoms with van der Waals surface area (Å²) in [6.07, 6.45) is 8.29. The van der Waals surface area contributed by atoms with Crippen LogP contribution in [0.25, 0.3) is 0 Å². The van der Waals surface area contributed by atoms with Gasteiger partial charge in [0.15, 0.2) is 0 Å². The number of rotatable bonds is 4. The molecule has 0 saturated heterocycles. The molecule has 2 rings (SSSR count). The third-order valence-corrected chi connectivity index (χ3v) is 3.98. The molecule has 0 aromatic heterocycles. The lowest BCUT2D eigenvalue weighted by Crippen LogP contribution is -2.16. The first-order valence-electron chi connectivity index (χ1n) is 5.58. The van der Waals surface area contributed by atoms with E-state index in [2.05, 4.69) is 19.1 Å². The summed E-state index contributed by atoms with van der Waals surface area (Å²) in [5, 5.41) is 8.57. The monoisotopic (exact) mass is 194 g/mol. The second-order valence-electron chi connectivity index (χ2n) is 4.76. The molecule has 2 aliphatic rings. The van der Waals surface area contributed by atoms with Gasteiger partial charge in [-0.05, 0) is 42.9 Å². The Morgan fingerprint density at radius 1 is 1.43 bits per heavy atom. The lowest BCUT2D eigenvalue weighted by Gasteiger charge is -2.24. The first-order valence-corrected chi connectivity index (χ1v) is 5.58. The minimum Gasteiger partial charge on any atom is -0.481 e. The average Bonchev–Trinajstić information content (AvgIpc) is 2.68. The topological polar surface area (TPSA) is 37.3 Å². The van der Waals surface area contributed by atoms with Gasteiger partial charge in [-0.3, -0.25) is 4.79 Å². The number of carboxylic acid groups (broad SMARTS) is 1. The van der Waals surface area contributed by atoms with E-state index in [1.807, 2.05) is 0 Å². The van der Waals surface area contributed by atoms with Crippen LogP contribution in [0.3, 0.4) is 0 Å². The summed E-state index contributed by atoms with van der Waals surface area (Å²) < 4.78 is 0. The van der Waals surface area contributed by atoms with E-state index in [4.69, 9.17) is 5.11 Å². The molecular formula is C12H18O2. The molecule has 0 radical (unpaired) electrons. The van der Waals surface area contributed by atoms with Crippen molar-refractivity contribution < 1.29 is 9.90 Å². The summed E-state index contributed by atoms with van der Waals surface area (Å²) in [5.74, 6) is 2.41. The second kappa shape index (κ2) is 3.76. The maximum atomic E-state index is 10.4. The van der Waals surface area contributed by atoms with Crippen molar-refractivity contribution in [1.82, 2.24) is 0 Å². The highest BCUT2D eigenvalue weighted by Crippen LogP contribution is 2.49. The smallest absolute Gasteiger partial charge is 0.303 e. The van der Waals surface area contributed by atoms with E-state index in [0.29, 0.717) is 6.42 Å². The molecule has 1 fully saturated rings. The lowest BCUT2D eigenvalue weighted by atomic mass is 9.81. The zero-order valence-electron chi connectivity index (χ0n) is 8.65. The van der Waals surface area contributed by atoms with Gasteiger partial charge >= 0.3 is 5.97 Å². The van der Waals surface area contributed by atoms with E-state index in [1.54, 1.807) is 0 Å². The van der Waals surface area contributed by atoms with Gasteiger partial charge in [-0.25, -0.2) is 0 Å². The molecule has 1 saturated carbocycles. The van der Waals surface area contributed by atoms with Crippen LogP contribution in [-0.2, 0) is 4.79 Å². The molecule has 0 aromatic rings. The van der Waals surface area contributed by atoms with E-state index in [1.165, 1.54) is 6.42 Å². The van der Waals surface area contributed by atoms with Gasteiger partial charge in [0.1, 0.15) is 0 Å². The summed E-state index contributed by atoms with van der Waals surface area (Å²) in [4.78, 5) is 10.4. The average molecular weight is 194 g/mol. The molecule has 2 heteroatoms. The number of allylic oxidation sites excluding steroid dienone is 2. The van der Waals surface area contributed by atoms with Crippen molar-refractivity contribution >= 4 is 5.97 Å². The van der Waals surface area contributed by atoms with Crippen molar-refractivity contribution in [3.05, 3.63) is 12.2 Å². The van der Waals surface area contributed by atoms with Crippen molar-refractivity contribution in [2.45, 2.75) is 32.6 Å². The van der Waals surface area contributed by atoms with Crippen LogP contribution in [0, 0.1) is 23.7 Å². The highest BCUT2D eigenvalue weighted by Gasteiger charge is 2.41. The normalized spacial score (nSPS) is 39.2. The Labute approximate surface area is 85.0 Å². The molecule has 78 valence electrons. The number of carboxylic acids is 1. The zero-order chi connectivity index (χ0) is 10.1. The van der Waals surface area contributed by atoms with Crippen molar-refractivity contribution in [3.8, 4) is 0 Å². The van der Waals surface area contributed by atoms with Crippen LogP contribution in [0.1, 0.15) is 32.6 Å². The molecule has 0 heterocycles. The predicted octanol–water partition coefficient (Wildman–Crippen LogP) is 2.70. The quantitative estimate of drug-likeness (QED) is 0.699. The Kier molecular flexibility index (Phi) is 2.62. The molecule has 0 amide bonds. The first-order chi connectivity index (χ1) is 6.68. The Bertz CT molecular complexity index is 257. The highest BCUT2D eigenvalue weighted by molar-refractivity contribution is 5.66. The van der Waals surface area contributed by atoms with E-state index in [0.717, 1.165) is 36.5 Å². The van der Waals surface area contributed by atoms with Gasteiger partial charge in [0.25, 0.3) is 0 Å². The van der Waals surface area contributed by atoms with Gasteiger partial charge in [-0.2, -0.15) is 0 Å². The van der Waals surface area contributed by atoms with E-state index < -0.39 is 5.97 Å². The third-order valence-electron chi connectivity index (χ3n) is 3.98. The SMILES string of the molecule is CC1C2C=CC(C2)C1CCCC(=O)O. The van der Waals surface area contributed by atoms with Crippen LogP contribution in [0.2, 0.25) is 0 Å². The summed E-state index contributed by atoms with van der Waals surface area (Å²) in [5.41, 5.74) is 0. The van der Waals surface area contributed by atoms with E-state index in [9.17, 15) is 4.79 Å². The first kappa shape index (κ1) is 9.75. The van der Waals surface area contributed by atoms with Gasteiger partial charge in [-0.15, -0.1) is 0 Å². The fourth-order valence-electron chi connectivity index (χ4n) is 3.14. The zero-order valence-corrected chi connectivity index (χ0v) is 8.65. The van der Waals surface area contributed by atoms with Crippen molar-refractivity contribution in [2.75, 3.05) is 0 Å². The van der Waals surface area contributed by atoms with Crippen LogP contribution < -0.4 is 0 Å². The third kappa shape index (κ3) is 1.70. The van der Waals surface area contributed by atoms with E-state index in [-0.39, 0.29) is 0 Å². The summed E-state index contributed by atoms with van der Waals surface area (Å²) in [7, 11) is 0. The van der Waals surface area contributed by atoms with Crippen LogP contribution >= 0.6 is 0 Å². The molecule has 4 unspecified atom stereocenters. The Morgan fingerprint density at radius 2 is 2.14 bits per heavy atom. The molecular weight excluding hydrogens is 176 g/mol. The molecule has 1 N–H and O–H groups in total. The standard InChI is InChI=1S/C12H18O2/c1-8-9-5-6-10(7-9)11(8)3-2-4-12(13)14/h5-6,8-11H,2-4,7H2,1H3,(H,13,14). The summed E-state index contributed by atoms with van der Waals surface area (Å²) in [6.45, 7) is 2.32. The Balaban J connectivity index is 1.81. The number of aliphatic carboxylic acids is 1. The minimum absolute atomic E-state index is 0.338.